The minimum Gasteiger partial charge on any atom is -0.508 e. The van der Waals surface area contributed by atoms with Gasteiger partial charge in [-0.3, -0.25) is 0 Å². The van der Waals surface area contributed by atoms with Gasteiger partial charge in [0.1, 0.15) is 5.75 Å². The van der Waals surface area contributed by atoms with Crippen molar-refractivity contribution in [3.63, 3.8) is 0 Å². The monoisotopic (exact) mass is 264 g/mol. The molecule has 1 unspecified atom stereocenters. The Balaban J connectivity index is 2.13. The minimum atomic E-state index is -2.54. The van der Waals surface area contributed by atoms with Gasteiger partial charge in [0, 0.05) is 12.0 Å². The van der Waals surface area contributed by atoms with Gasteiger partial charge in [0.25, 0.3) is 6.43 Å². The van der Waals surface area contributed by atoms with Crippen molar-refractivity contribution < 1.29 is 19.0 Å². The summed E-state index contributed by atoms with van der Waals surface area (Å²) in [6.07, 6.45) is -3.07. The van der Waals surface area contributed by atoms with E-state index in [-0.39, 0.29) is 11.3 Å². The fraction of sp³-hybridized carbons (Fsp3) is 0.200. The number of aromatic hydroxyl groups is 1. The van der Waals surface area contributed by atoms with E-state index in [9.17, 15) is 13.9 Å². The lowest BCUT2D eigenvalue weighted by atomic mass is 10.00. The molecule has 0 saturated heterocycles. The van der Waals surface area contributed by atoms with Gasteiger partial charge < -0.3 is 10.2 Å². The lowest BCUT2D eigenvalue weighted by Gasteiger charge is -2.12. The van der Waals surface area contributed by atoms with E-state index in [1.807, 2.05) is 0 Å². The molecule has 0 aliphatic heterocycles. The molecule has 0 heterocycles. The molecule has 2 aromatic rings. The molecule has 0 amide bonds. The Kier molecular flexibility index (Phi) is 4.12. The minimum absolute atomic E-state index is 0.0951. The number of halogens is 2. The second-order valence-electron chi connectivity index (χ2n) is 4.36. The van der Waals surface area contributed by atoms with E-state index in [2.05, 4.69) is 0 Å². The molecule has 2 aromatic carbocycles. The number of rotatable bonds is 4. The number of phenolic OH excluding ortho intramolecular Hbond substituents is 1. The van der Waals surface area contributed by atoms with E-state index in [0.717, 1.165) is 5.56 Å². The van der Waals surface area contributed by atoms with Crippen molar-refractivity contribution in [1.29, 1.82) is 0 Å². The van der Waals surface area contributed by atoms with Crippen molar-refractivity contribution in [3.05, 3.63) is 65.2 Å². The molecule has 2 N–H and O–H groups in total. The summed E-state index contributed by atoms with van der Waals surface area (Å²) in [5.41, 5.74) is 1.20. The van der Waals surface area contributed by atoms with Crippen molar-refractivity contribution in [2.45, 2.75) is 19.0 Å². The maximum Gasteiger partial charge on any atom is 0.263 e. The molecule has 0 saturated carbocycles. The molecular formula is C15H14F2O2. The molecule has 0 aromatic heterocycles. The Hall–Kier alpha value is -1.94. The number of hydrogen-bond acceptors (Lipinski definition) is 2. The molecule has 0 radical (unpaired) electrons. The van der Waals surface area contributed by atoms with Crippen LogP contribution in [-0.4, -0.2) is 10.2 Å². The highest BCUT2D eigenvalue weighted by Crippen LogP contribution is 2.24. The Morgan fingerprint density at radius 3 is 2.21 bits per heavy atom. The normalized spacial score (nSPS) is 12.6. The SMILES string of the molecule is Oc1ccc(CC(O)c2cccc(C(F)F)c2)cc1. The lowest BCUT2D eigenvalue weighted by molar-refractivity contribution is 0.149. The third-order valence-electron chi connectivity index (χ3n) is 2.91. The van der Waals surface area contributed by atoms with Gasteiger partial charge in [0.05, 0.1) is 6.10 Å². The molecule has 0 bridgehead atoms. The van der Waals surface area contributed by atoms with Gasteiger partial charge in [0.2, 0.25) is 0 Å². The summed E-state index contributed by atoms with van der Waals surface area (Å²) in [5.74, 6) is 0.151. The van der Waals surface area contributed by atoms with Crippen LogP contribution in [0.5, 0.6) is 5.75 Å². The van der Waals surface area contributed by atoms with Gasteiger partial charge in [-0.2, -0.15) is 0 Å². The molecule has 19 heavy (non-hydrogen) atoms. The average molecular weight is 264 g/mol. The molecule has 1 atom stereocenters. The van der Waals surface area contributed by atoms with E-state index in [1.165, 1.54) is 30.3 Å². The molecule has 4 heteroatoms. The first-order valence-electron chi connectivity index (χ1n) is 5.90. The van der Waals surface area contributed by atoms with Gasteiger partial charge in [0.15, 0.2) is 0 Å². The number of alkyl halides is 2. The number of hydrogen-bond donors (Lipinski definition) is 2. The van der Waals surface area contributed by atoms with E-state index >= 15 is 0 Å². The number of aliphatic hydroxyl groups excluding tert-OH is 1. The van der Waals surface area contributed by atoms with Crippen LogP contribution in [0.2, 0.25) is 0 Å². The summed E-state index contributed by atoms with van der Waals surface area (Å²) in [6.45, 7) is 0. The summed E-state index contributed by atoms with van der Waals surface area (Å²) in [5, 5.41) is 19.2. The summed E-state index contributed by atoms with van der Waals surface area (Å²) < 4.78 is 25.1. The number of aliphatic hydroxyl groups is 1. The molecule has 2 rings (SSSR count). The average Bonchev–Trinajstić information content (AvgIpc) is 2.41. The highest BCUT2D eigenvalue weighted by atomic mass is 19.3. The smallest absolute Gasteiger partial charge is 0.263 e. The van der Waals surface area contributed by atoms with Crippen LogP contribution in [0.25, 0.3) is 0 Å². The van der Waals surface area contributed by atoms with Gasteiger partial charge >= 0.3 is 0 Å². The molecular weight excluding hydrogens is 250 g/mol. The summed E-state index contributed by atoms with van der Waals surface area (Å²) in [7, 11) is 0. The largest absolute Gasteiger partial charge is 0.508 e. The zero-order chi connectivity index (χ0) is 13.8. The third kappa shape index (κ3) is 3.51. The quantitative estimate of drug-likeness (QED) is 0.885. The zero-order valence-electron chi connectivity index (χ0n) is 10.1. The second-order valence-corrected chi connectivity index (χ2v) is 4.36. The zero-order valence-corrected chi connectivity index (χ0v) is 10.1. The molecule has 0 fully saturated rings. The van der Waals surface area contributed by atoms with Crippen molar-refractivity contribution in [3.8, 4) is 5.75 Å². The van der Waals surface area contributed by atoms with E-state index in [0.29, 0.717) is 12.0 Å². The first-order chi connectivity index (χ1) is 9.06. The Bertz CT molecular complexity index is 538. The predicted molar refractivity (Wildman–Crippen MR) is 68.2 cm³/mol. The summed E-state index contributed by atoms with van der Waals surface area (Å²) >= 11 is 0. The maximum atomic E-state index is 12.6. The molecule has 100 valence electrons. The highest BCUT2D eigenvalue weighted by Gasteiger charge is 2.12. The summed E-state index contributed by atoms with van der Waals surface area (Å²) in [4.78, 5) is 0. The van der Waals surface area contributed by atoms with Crippen LogP contribution in [-0.2, 0) is 6.42 Å². The fourth-order valence-corrected chi connectivity index (χ4v) is 1.88. The van der Waals surface area contributed by atoms with Gasteiger partial charge in [-0.1, -0.05) is 30.3 Å². The predicted octanol–water partition coefficient (Wildman–Crippen LogP) is 3.61. The van der Waals surface area contributed by atoms with E-state index in [1.54, 1.807) is 18.2 Å². The molecule has 0 aliphatic rings. The number of benzene rings is 2. The van der Waals surface area contributed by atoms with Gasteiger partial charge in [-0.25, -0.2) is 8.78 Å². The van der Waals surface area contributed by atoms with Crippen LogP contribution in [0.1, 0.15) is 29.2 Å². The standard InChI is InChI=1S/C15H14F2O2/c16-15(17)12-3-1-2-11(9-12)14(19)8-10-4-6-13(18)7-5-10/h1-7,9,14-15,18-19H,8H2. The van der Waals surface area contributed by atoms with Crippen molar-refractivity contribution in [1.82, 2.24) is 0 Å². The first-order valence-corrected chi connectivity index (χ1v) is 5.90. The van der Waals surface area contributed by atoms with E-state index < -0.39 is 12.5 Å². The highest BCUT2D eigenvalue weighted by molar-refractivity contribution is 5.30. The first kappa shape index (κ1) is 13.5. The third-order valence-corrected chi connectivity index (χ3v) is 2.91. The lowest BCUT2D eigenvalue weighted by Crippen LogP contribution is -2.02. The maximum absolute atomic E-state index is 12.6. The van der Waals surface area contributed by atoms with Gasteiger partial charge in [-0.15, -0.1) is 0 Å². The fourth-order valence-electron chi connectivity index (χ4n) is 1.88. The van der Waals surface area contributed by atoms with Crippen LogP contribution < -0.4 is 0 Å². The summed E-state index contributed by atoms with van der Waals surface area (Å²) in [6, 6.07) is 12.2. The topological polar surface area (TPSA) is 40.5 Å². The van der Waals surface area contributed by atoms with Crippen molar-refractivity contribution in [2.24, 2.45) is 0 Å². The van der Waals surface area contributed by atoms with Crippen LogP contribution in [0.15, 0.2) is 48.5 Å². The Morgan fingerprint density at radius 1 is 0.947 bits per heavy atom. The number of phenols is 1. The Morgan fingerprint density at radius 2 is 1.58 bits per heavy atom. The molecule has 2 nitrogen and oxygen atoms in total. The van der Waals surface area contributed by atoms with Crippen molar-refractivity contribution >= 4 is 0 Å². The van der Waals surface area contributed by atoms with Crippen LogP contribution in [0, 0.1) is 0 Å². The van der Waals surface area contributed by atoms with Crippen molar-refractivity contribution in [2.75, 3.05) is 0 Å². The van der Waals surface area contributed by atoms with Crippen LogP contribution in [0.3, 0.4) is 0 Å². The molecule has 0 aliphatic carbocycles. The molecule has 0 spiro atoms. The van der Waals surface area contributed by atoms with Gasteiger partial charge in [-0.05, 0) is 29.3 Å². The Labute approximate surface area is 110 Å². The second kappa shape index (κ2) is 5.80. The van der Waals surface area contributed by atoms with Crippen LogP contribution >= 0.6 is 0 Å². The van der Waals surface area contributed by atoms with Crippen LogP contribution in [0.4, 0.5) is 8.78 Å². The van der Waals surface area contributed by atoms with E-state index in [4.69, 9.17) is 5.11 Å².